The number of nitrogen functional groups attached to an aromatic ring is 1. The Balaban J connectivity index is 1.67. The second kappa shape index (κ2) is 5.78. The third kappa shape index (κ3) is 3.03. The van der Waals surface area contributed by atoms with E-state index in [-0.39, 0.29) is 36.5 Å². The molecule has 0 radical (unpaired) electrons. The van der Waals surface area contributed by atoms with Crippen LogP contribution in [0.1, 0.15) is 23.8 Å². The molecule has 3 rings (SSSR count). The second-order valence-corrected chi connectivity index (χ2v) is 6.12. The second-order valence-electron chi connectivity index (χ2n) is 5.14. The van der Waals surface area contributed by atoms with Crippen molar-refractivity contribution in [3.63, 3.8) is 0 Å². The van der Waals surface area contributed by atoms with Crippen LogP contribution in [0.15, 0.2) is 17.5 Å². The SMILES string of the molecule is Nc1nnnn1CC(=O)N[C@@H](c1cccs1)C1CC(O)C1. The van der Waals surface area contributed by atoms with Crippen LogP contribution >= 0.6 is 11.3 Å². The average molecular weight is 308 g/mol. The van der Waals surface area contributed by atoms with Gasteiger partial charge in [0.15, 0.2) is 0 Å². The van der Waals surface area contributed by atoms with E-state index in [1.165, 1.54) is 4.68 Å². The van der Waals surface area contributed by atoms with Crippen LogP contribution in [0.25, 0.3) is 0 Å². The Kier molecular flexibility index (Phi) is 3.84. The summed E-state index contributed by atoms with van der Waals surface area (Å²) in [5.41, 5.74) is 5.55. The van der Waals surface area contributed by atoms with Crippen LogP contribution in [0.4, 0.5) is 5.95 Å². The monoisotopic (exact) mass is 308 g/mol. The van der Waals surface area contributed by atoms with Gasteiger partial charge in [0.05, 0.1) is 12.1 Å². The standard InChI is InChI=1S/C12H16N6O2S/c13-12-15-16-17-18(12)6-10(20)14-11(7-4-8(19)5-7)9-2-1-3-21-9/h1-3,7-8,11,19H,4-6H2,(H,14,20)(H2,13,15,17)/t7?,8?,11-/m1/s1. The number of tetrazole rings is 1. The molecule has 1 aliphatic rings. The minimum Gasteiger partial charge on any atom is -0.393 e. The maximum atomic E-state index is 12.2. The lowest BCUT2D eigenvalue weighted by Gasteiger charge is -2.37. The van der Waals surface area contributed by atoms with Crippen molar-refractivity contribution < 1.29 is 9.90 Å². The number of aliphatic hydroxyl groups is 1. The molecule has 1 saturated carbocycles. The predicted molar refractivity (Wildman–Crippen MR) is 76.2 cm³/mol. The molecule has 8 nitrogen and oxygen atoms in total. The lowest BCUT2D eigenvalue weighted by molar-refractivity contribution is -0.123. The molecule has 21 heavy (non-hydrogen) atoms. The number of nitrogens with zero attached hydrogens (tertiary/aromatic N) is 4. The highest BCUT2D eigenvalue weighted by Crippen LogP contribution is 2.39. The van der Waals surface area contributed by atoms with Crippen LogP contribution < -0.4 is 11.1 Å². The molecule has 0 unspecified atom stereocenters. The minimum atomic E-state index is -0.260. The van der Waals surface area contributed by atoms with Crippen molar-refractivity contribution in [2.24, 2.45) is 5.92 Å². The van der Waals surface area contributed by atoms with Gasteiger partial charge >= 0.3 is 0 Å². The normalized spacial score (nSPS) is 22.5. The quantitative estimate of drug-likeness (QED) is 0.712. The number of aromatic nitrogens is 4. The summed E-state index contributed by atoms with van der Waals surface area (Å²) >= 11 is 1.59. The first kappa shape index (κ1) is 14.0. The van der Waals surface area contributed by atoms with Gasteiger partial charge in [0.1, 0.15) is 6.54 Å². The minimum absolute atomic E-state index is 0.0179. The summed E-state index contributed by atoms with van der Waals surface area (Å²) in [6.07, 6.45) is 1.15. The highest BCUT2D eigenvalue weighted by Gasteiger charge is 2.36. The number of nitrogens with two attached hydrogens (primary N) is 1. The number of rotatable bonds is 5. The van der Waals surface area contributed by atoms with Gasteiger partial charge in [-0.05, 0) is 40.6 Å². The van der Waals surface area contributed by atoms with E-state index in [1.54, 1.807) is 11.3 Å². The molecule has 0 spiro atoms. The Labute approximate surface area is 125 Å². The van der Waals surface area contributed by atoms with Crippen LogP contribution in [0.2, 0.25) is 0 Å². The Morgan fingerprint density at radius 1 is 1.62 bits per heavy atom. The molecule has 9 heteroatoms. The molecule has 1 amide bonds. The number of thiophene rings is 1. The number of hydrogen-bond acceptors (Lipinski definition) is 7. The van der Waals surface area contributed by atoms with E-state index in [0.29, 0.717) is 12.8 Å². The fourth-order valence-corrected chi connectivity index (χ4v) is 3.34. The van der Waals surface area contributed by atoms with Gasteiger partial charge in [-0.25, -0.2) is 4.68 Å². The molecule has 0 bridgehead atoms. The molecule has 1 fully saturated rings. The molecule has 0 aromatic carbocycles. The number of carbonyl (C=O) groups excluding carboxylic acids is 1. The van der Waals surface area contributed by atoms with E-state index in [9.17, 15) is 9.90 Å². The Bertz CT molecular complexity index is 607. The van der Waals surface area contributed by atoms with Crippen molar-refractivity contribution in [3.05, 3.63) is 22.4 Å². The molecule has 2 heterocycles. The largest absolute Gasteiger partial charge is 0.393 e. The summed E-state index contributed by atoms with van der Waals surface area (Å²) in [5.74, 6) is 0.166. The summed E-state index contributed by atoms with van der Waals surface area (Å²) in [7, 11) is 0. The van der Waals surface area contributed by atoms with Crippen molar-refractivity contribution >= 4 is 23.2 Å². The van der Waals surface area contributed by atoms with E-state index in [1.807, 2.05) is 17.5 Å². The molecule has 4 N–H and O–H groups in total. The van der Waals surface area contributed by atoms with Gasteiger partial charge in [0.2, 0.25) is 11.9 Å². The van der Waals surface area contributed by atoms with Gasteiger partial charge in [-0.3, -0.25) is 4.79 Å². The zero-order chi connectivity index (χ0) is 14.8. The van der Waals surface area contributed by atoms with E-state index >= 15 is 0 Å². The third-order valence-electron chi connectivity index (χ3n) is 3.64. The highest BCUT2D eigenvalue weighted by atomic mass is 32.1. The molecule has 0 aliphatic heterocycles. The summed E-state index contributed by atoms with van der Waals surface area (Å²) in [4.78, 5) is 13.2. The fraction of sp³-hybridized carbons (Fsp3) is 0.500. The Morgan fingerprint density at radius 3 is 3.00 bits per heavy atom. The number of hydrogen-bond donors (Lipinski definition) is 3. The maximum absolute atomic E-state index is 12.2. The van der Waals surface area contributed by atoms with E-state index in [4.69, 9.17) is 5.73 Å². The molecule has 2 aromatic heterocycles. The fourth-order valence-electron chi connectivity index (χ4n) is 2.47. The average Bonchev–Trinajstić information content (AvgIpc) is 3.05. The summed E-state index contributed by atoms with van der Waals surface area (Å²) in [6, 6.07) is 3.86. The summed E-state index contributed by atoms with van der Waals surface area (Å²) < 4.78 is 1.25. The van der Waals surface area contributed by atoms with Crippen molar-refractivity contribution in [1.29, 1.82) is 0 Å². The smallest absolute Gasteiger partial charge is 0.242 e. The number of aliphatic hydroxyl groups excluding tert-OH is 1. The van der Waals surface area contributed by atoms with Crippen LogP contribution in [0.3, 0.4) is 0 Å². The van der Waals surface area contributed by atoms with Crippen molar-refractivity contribution in [2.45, 2.75) is 31.5 Å². The number of nitrogens with one attached hydrogen (secondary N) is 1. The van der Waals surface area contributed by atoms with Gasteiger partial charge < -0.3 is 16.2 Å². The Morgan fingerprint density at radius 2 is 2.43 bits per heavy atom. The van der Waals surface area contributed by atoms with E-state index in [2.05, 4.69) is 20.8 Å². The van der Waals surface area contributed by atoms with Crippen molar-refractivity contribution in [3.8, 4) is 0 Å². The first-order valence-corrected chi connectivity index (χ1v) is 7.54. The highest BCUT2D eigenvalue weighted by molar-refractivity contribution is 7.10. The lowest BCUT2D eigenvalue weighted by atomic mass is 9.77. The van der Waals surface area contributed by atoms with Gasteiger partial charge in [-0.15, -0.1) is 11.3 Å². The predicted octanol–water partition coefficient (Wildman–Crippen LogP) is -0.0548. The lowest BCUT2D eigenvalue weighted by Crippen LogP contribution is -2.42. The topological polar surface area (TPSA) is 119 Å². The first-order valence-electron chi connectivity index (χ1n) is 6.66. The van der Waals surface area contributed by atoms with Crippen molar-refractivity contribution in [2.75, 3.05) is 5.73 Å². The zero-order valence-corrected chi connectivity index (χ0v) is 12.0. The van der Waals surface area contributed by atoms with Crippen LogP contribution in [0, 0.1) is 5.92 Å². The number of amides is 1. The van der Waals surface area contributed by atoms with E-state index in [0.717, 1.165) is 4.88 Å². The molecule has 1 aliphatic carbocycles. The molecule has 112 valence electrons. The third-order valence-corrected chi connectivity index (χ3v) is 4.60. The van der Waals surface area contributed by atoms with Crippen molar-refractivity contribution in [1.82, 2.24) is 25.5 Å². The van der Waals surface area contributed by atoms with Gasteiger partial charge in [0, 0.05) is 4.88 Å². The number of carbonyl (C=O) groups is 1. The first-order chi connectivity index (χ1) is 10.1. The van der Waals surface area contributed by atoms with Gasteiger partial charge in [-0.1, -0.05) is 11.2 Å². The zero-order valence-electron chi connectivity index (χ0n) is 11.2. The Hall–Kier alpha value is -2.00. The summed E-state index contributed by atoms with van der Waals surface area (Å²) in [5, 5.41) is 25.0. The molecule has 1 atom stereocenters. The molecular weight excluding hydrogens is 292 g/mol. The molecule has 0 saturated heterocycles. The van der Waals surface area contributed by atoms with Gasteiger partial charge in [0.25, 0.3) is 0 Å². The molecular formula is C12H16N6O2S. The van der Waals surface area contributed by atoms with Crippen LogP contribution in [-0.2, 0) is 11.3 Å². The van der Waals surface area contributed by atoms with E-state index < -0.39 is 0 Å². The maximum Gasteiger partial charge on any atom is 0.242 e. The van der Waals surface area contributed by atoms with Crippen LogP contribution in [-0.4, -0.2) is 37.3 Å². The van der Waals surface area contributed by atoms with Crippen LogP contribution in [0.5, 0.6) is 0 Å². The summed E-state index contributed by atoms with van der Waals surface area (Å²) in [6.45, 7) is -0.0179. The van der Waals surface area contributed by atoms with Gasteiger partial charge in [-0.2, -0.15) is 0 Å². The number of anilines is 1. The molecule has 2 aromatic rings.